The lowest BCUT2D eigenvalue weighted by Gasteiger charge is -2.06. The van der Waals surface area contributed by atoms with Crippen LogP contribution in [0.1, 0.15) is 76.7 Å². The van der Waals surface area contributed by atoms with Crippen molar-refractivity contribution in [2.45, 2.75) is 77.6 Å². The molecule has 0 spiro atoms. The van der Waals surface area contributed by atoms with Crippen LogP contribution in [0.4, 0.5) is 0 Å². The van der Waals surface area contributed by atoms with Crippen molar-refractivity contribution < 1.29 is 14.9 Å². The molecule has 0 saturated heterocycles. The summed E-state index contributed by atoms with van der Waals surface area (Å²) in [4.78, 5) is 0. The molecule has 0 heterocycles. The van der Waals surface area contributed by atoms with Gasteiger partial charge in [0.25, 0.3) is 0 Å². The minimum absolute atomic E-state index is 0.0582. The monoisotopic (exact) mass is 322 g/mol. The Morgan fingerprint density at radius 1 is 0.739 bits per heavy atom. The van der Waals surface area contributed by atoms with Crippen LogP contribution in [0.15, 0.2) is 18.2 Å². The zero-order chi connectivity index (χ0) is 16.8. The van der Waals surface area contributed by atoms with Gasteiger partial charge in [-0.3, -0.25) is 0 Å². The number of aromatic hydroxyl groups is 2. The van der Waals surface area contributed by atoms with Crippen LogP contribution >= 0.6 is 0 Å². The van der Waals surface area contributed by atoms with Gasteiger partial charge in [0.1, 0.15) is 0 Å². The highest BCUT2D eigenvalue weighted by Crippen LogP contribution is 2.24. The normalized spacial score (nSPS) is 11.0. The van der Waals surface area contributed by atoms with Crippen molar-refractivity contribution in [1.82, 2.24) is 0 Å². The lowest BCUT2D eigenvalue weighted by molar-refractivity contribution is 0.132. The molecule has 132 valence electrons. The molecule has 0 aliphatic carbocycles. The van der Waals surface area contributed by atoms with Crippen molar-refractivity contribution in [3.05, 3.63) is 23.8 Å². The highest BCUT2D eigenvalue weighted by Gasteiger charge is 2.00. The maximum Gasteiger partial charge on any atom is 0.157 e. The Balaban J connectivity index is 1.85. The Labute approximate surface area is 141 Å². The predicted octanol–water partition coefficient (Wildman–Crippen LogP) is 5.58. The van der Waals surface area contributed by atoms with Crippen molar-refractivity contribution in [2.75, 3.05) is 13.2 Å². The van der Waals surface area contributed by atoms with E-state index in [2.05, 4.69) is 6.92 Å². The van der Waals surface area contributed by atoms with Crippen LogP contribution in [-0.2, 0) is 11.2 Å². The molecule has 0 aliphatic heterocycles. The van der Waals surface area contributed by atoms with Crippen LogP contribution in [0.5, 0.6) is 11.5 Å². The number of unbranched alkanes of at least 4 members (excludes halogenated alkanes) is 9. The van der Waals surface area contributed by atoms with E-state index in [4.69, 9.17) is 4.74 Å². The summed E-state index contributed by atoms with van der Waals surface area (Å²) in [6.45, 7) is 3.75. The minimum Gasteiger partial charge on any atom is -0.504 e. The summed E-state index contributed by atoms with van der Waals surface area (Å²) in [5.41, 5.74) is 0.989. The van der Waals surface area contributed by atoms with E-state index in [1.807, 2.05) is 6.07 Å². The number of ether oxygens (including phenoxy) is 1. The van der Waals surface area contributed by atoms with Crippen LogP contribution in [0, 0.1) is 0 Å². The Morgan fingerprint density at radius 3 is 1.96 bits per heavy atom. The second-order valence-electron chi connectivity index (χ2n) is 6.37. The molecule has 0 saturated carbocycles. The molecule has 1 aromatic rings. The summed E-state index contributed by atoms with van der Waals surface area (Å²) in [5.74, 6) is -0.128. The molecule has 1 aromatic carbocycles. The molecule has 0 aromatic heterocycles. The van der Waals surface area contributed by atoms with Crippen molar-refractivity contribution in [3.63, 3.8) is 0 Å². The van der Waals surface area contributed by atoms with E-state index in [0.717, 1.165) is 25.0 Å². The van der Waals surface area contributed by atoms with Gasteiger partial charge >= 0.3 is 0 Å². The number of phenols is 2. The molecule has 3 heteroatoms. The van der Waals surface area contributed by atoms with E-state index in [1.54, 1.807) is 6.07 Å². The predicted molar refractivity (Wildman–Crippen MR) is 96.1 cm³/mol. The highest BCUT2D eigenvalue weighted by molar-refractivity contribution is 5.40. The average Bonchev–Trinajstić information content (AvgIpc) is 2.55. The van der Waals surface area contributed by atoms with Crippen LogP contribution in [-0.4, -0.2) is 23.4 Å². The number of hydrogen-bond donors (Lipinski definition) is 2. The quantitative estimate of drug-likeness (QED) is 0.347. The van der Waals surface area contributed by atoms with Gasteiger partial charge in [-0.05, 0) is 30.5 Å². The van der Waals surface area contributed by atoms with Crippen molar-refractivity contribution in [2.24, 2.45) is 0 Å². The smallest absolute Gasteiger partial charge is 0.157 e. The number of benzene rings is 1. The molecule has 23 heavy (non-hydrogen) atoms. The van der Waals surface area contributed by atoms with E-state index < -0.39 is 0 Å². The molecule has 3 nitrogen and oxygen atoms in total. The van der Waals surface area contributed by atoms with E-state index in [0.29, 0.717) is 6.61 Å². The molecule has 0 radical (unpaired) electrons. The molecule has 0 aliphatic rings. The molecule has 0 bridgehead atoms. The first-order valence-corrected chi connectivity index (χ1v) is 9.32. The maximum atomic E-state index is 9.41. The van der Waals surface area contributed by atoms with Gasteiger partial charge in [-0.2, -0.15) is 0 Å². The van der Waals surface area contributed by atoms with Gasteiger partial charge in [-0.15, -0.1) is 0 Å². The summed E-state index contributed by atoms with van der Waals surface area (Å²) >= 11 is 0. The standard InChI is InChI=1S/C20H34O3/c1-2-3-4-5-6-7-8-9-10-11-15-23-16-14-18-12-13-19(21)20(22)17-18/h12-13,17,21-22H,2-11,14-16H2,1H3. The van der Waals surface area contributed by atoms with Gasteiger partial charge in [-0.1, -0.05) is 70.8 Å². The third-order valence-corrected chi connectivity index (χ3v) is 4.22. The molecule has 0 fully saturated rings. The Kier molecular flexibility index (Phi) is 11.4. The van der Waals surface area contributed by atoms with Crippen LogP contribution < -0.4 is 0 Å². The zero-order valence-electron chi connectivity index (χ0n) is 14.7. The van der Waals surface area contributed by atoms with Crippen molar-refractivity contribution in [1.29, 1.82) is 0 Å². The largest absolute Gasteiger partial charge is 0.504 e. The third-order valence-electron chi connectivity index (χ3n) is 4.22. The average molecular weight is 322 g/mol. The summed E-state index contributed by atoms with van der Waals surface area (Å²) in [6.07, 6.45) is 14.2. The van der Waals surface area contributed by atoms with Gasteiger partial charge in [-0.25, -0.2) is 0 Å². The van der Waals surface area contributed by atoms with Gasteiger partial charge in [0.2, 0.25) is 0 Å². The Hall–Kier alpha value is -1.22. The molecular formula is C20H34O3. The number of hydrogen-bond acceptors (Lipinski definition) is 3. The van der Waals surface area contributed by atoms with Crippen LogP contribution in [0.25, 0.3) is 0 Å². The van der Waals surface area contributed by atoms with Crippen LogP contribution in [0.3, 0.4) is 0 Å². The Bertz CT molecular complexity index is 404. The van der Waals surface area contributed by atoms with Gasteiger partial charge in [0, 0.05) is 6.61 Å². The summed E-state index contributed by atoms with van der Waals surface area (Å²) in [5, 5.41) is 18.7. The first kappa shape index (κ1) is 19.8. The Morgan fingerprint density at radius 2 is 1.35 bits per heavy atom. The zero-order valence-corrected chi connectivity index (χ0v) is 14.7. The molecular weight excluding hydrogens is 288 g/mol. The molecule has 0 amide bonds. The second-order valence-corrected chi connectivity index (χ2v) is 6.37. The number of rotatable bonds is 14. The van der Waals surface area contributed by atoms with Gasteiger partial charge < -0.3 is 14.9 Å². The first-order chi connectivity index (χ1) is 11.2. The molecule has 0 unspecified atom stereocenters. The lowest BCUT2D eigenvalue weighted by Crippen LogP contribution is -2.00. The molecule has 0 atom stereocenters. The number of phenolic OH excluding ortho intramolecular Hbond substituents is 2. The summed E-state index contributed by atoms with van der Waals surface area (Å²) in [7, 11) is 0. The topological polar surface area (TPSA) is 49.7 Å². The van der Waals surface area contributed by atoms with Crippen molar-refractivity contribution >= 4 is 0 Å². The highest BCUT2D eigenvalue weighted by atomic mass is 16.5. The van der Waals surface area contributed by atoms with Crippen molar-refractivity contribution in [3.8, 4) is 11.5 Å². The second kappa shape index (κ2) is 13.2. The summed E-state index contributed by atoms with van der Waals surface area (Å²) < 4.78 is 5.64. The van der Waals surface area contributed by atoms with E-state index in [1.165, 1.54) is 63.9 Å². The third kappa shape index (κ3) is 10.2. The van der Waals surface area contributed by atoms with Gasteiger partial charge in [0.05, 0.1) is 6.61 Å². The fourth-order valence-electron chi connectivity index (χ4n) is 2.71. The van der Waals surface area contributed by atoms with E-state index in [-0.39, 0.29) is 11.5 Å². The summed E-state index contributed by atoms with van der Waals surface area (Å²) in [6, 6.07) is 4.94. The fourth-order valence-corrected chi connectivity index (χ4v) is 2.71. The van der Waals surface area contributed by atoms with E-state index >= 15 is 0 Å². The fraction of sp³-hybridized carbons (Fsp3) is 0.700. The van der Waals surface area contributed by atoms with Gasteiger partial charge in [0.15, 0.2) is 11.5 Å². The SMILES string of the molecule is CCCCCCCCCCCCOCCc1ccc(O)c(O)c1. The van der Waals surface area contributed by atoms with Crippen LogP contribution in [0.2, 0.25) is 0 Å². The molecule has 2 N–H and O–H groups in total. The minimum atomic E-state index is -0.0694. The maximum absolute atomic E-state index is 9.41. The first-order valence-electron chi connectivity index (χ1n) is 9.32. The lowest BCUT2D eigenvalue weighted by atomic mass is 10.1. The van der Waals surface area contributed by atoms with E-state index in [9.17, 15) is 10.2 Å². The molecule has 1 rings (SSSR count).